The van der Waals surface area contributed by atoms with Crippen LogP contribution in [-0.4, -0.2) is 33.2 Å². The molecule has 1 atom stereocenters. The van der Waals surface area contributed by atoms with Crippen molar-refractivity contribution >= 4 is 26.0 Å². The summed E-state index contributed by atoms with van der Waals surface area (Å²) in [6, 6.07) is 4.87. The number of hydrogen-bond acceptors (Lipinski definition) is 5. The Hall–Kier alpha value is -1.00. The van der Waals surface area contributed by atoms with Gasteiger partial charge in [0.2, 0.25) is 0 Å². The molecule has 2 rings (SSSR count). The summed E-state index contributed by atoms with van der Waals surface area (Å²) in [5.74, 6) is 0.715. The van der Waals surface area contributed by atoms with Crippen LogP contribution in [0.4, 0.5) is 13.2 Å². The van der Waals surface area contributed by atoms with Crippen molar-refractivity contribution in [3.63, 3.8) is 0 Å². The number of fused-ring (bicyclic) bond motifs is 1. The number of ether oxygens (including phenoxy) is 2. The van der Waals surface area contributed by atoms with Gasteiger partial charge in [-0.05, 0) is 18.2 Å². The number of alkyl halides is 3. The number of benzene rings is 1. The van der Waals surface area contributed by atoms with Gasteiger partial charge in [0.1, 0.15) is 13.2 Å². The number of rotatable bonds is 3. The summed E-state index contributed by atoms with van der Waals surface area (Å²) in [5, 5.41) is 0. The molecule has 1 aliphatic rings. The van der Waals surface area contributed by atoms with Crippen LogP contribution < -0.4 is 9.47 Å². The minimum absolute atomic E-state index is 0.109. The van der Waals surface area contributed by atoms with Crippen LogP contribution in [-0.2, 0) is 14.3 Å². The normalized spacial score (nSPS) is 18.9. The van der Waals surface area contributed by atoms with E-state index in [-0.39, 0.29) is 6.61 Å². The maximum absolute atomic E-state index is 12.1. The molecule has 0 amide bonds. The van der Waals surface area contributed by atoms with Crippen molar-refractivity contribution in [3.05, 3.63) is 22.7 Å². The molecule has 0 fully saturated rings. The van der Waals surface area contributed by atoms with Gasteiger partial charge in [0.05, 0.1) is 0 Å². The first kappa shape index (κ1) is 15.4. The van der Waals surface area contributed by atoms with Crippen molar-refractivity contribution in [1.82, 2.24) is 0 Å². The molecule has 5 nitrogen and oxygen atoms in total. The third-order valence-electron chi connectivity index (χ3n) is 2.32. The van der Waals surface area contributed by atoms with Crippen molar-refractivity contribution in [3.8, 4) is 11.5 Å². The molecule has 0 bridgehead atoms. The van der Waals surface area contributed by atoms with Gasteiger partial charge in [-0.25, -0.2) is 0 Å². The Balaban J connectivity index is 2.01. The fourth-order valence-corrected chi connectivity index (χ4v) is 2.21. The van der Waals surface area contributed by atoms with Crippen LogP contribution in [0.2, 0.25) is 0 Å². The van der Waals surface area contributed by atoms with E-state index >= 15 is 0 Å². The van der Waals surface area contributed by atoms with E-state index in [1.165, 1.54) is 0 Å². The molecule has 1 heterocycles. The monoisotopic (exact) mass is 376 g/mol. The number of hydrogen-bond donors (Lipinski definition) is 0. The minimum atomic E-state index is -5.63. The second kappa shape index (κ2) is 5.41. The Bertz CT molecular complexity index is 601. The van der Waals surface area contributed by atoms with Gasteiger partial charge in [-0.15, -0.1) is 0 Å². The molecule has 1 aromatic carbocycles. The first-order valence-electron chi connectivity index (χ1n) is 5.24. The van der Waals surface area contributed by atoms with Crippen molar-refractivity contribution < 1.29 is 35.2 Å². The predicted molar refractivity (Wildman–Crippen MR) is 65.0 cm³/mol. The van der Waals surface area contributed by atoms with Crippen LogP contribution in [0.3, 0.4) is 0 Å². The Morgan fingerprint density at radius 1 is 1.35 bits per heavy atom. The van der Waals surface area contributed by atoms with E-state index in [0.29, 0.717) is 16.0 Å². The summed E-state index contributed by atoms with van der Waals surface area (Å²) in [7, 11) is -5.63. The second-order valence-corrected chi connectivity index (χ2v) is 6.35. The zero-order valence-corrected chi connectivity index (χ0v) is 12.1. The molecule has 20 heavy (non-hydrogen) atoms. The molecule has 0 aromatic heterocycles. The zero-order valence-electron chi connectivity index (χ0n) is 9.68. The Morgan fingerprint density at radius 3 is 2.70 bits per heavy atom. The lowest BCUT2D eigenvalue weighted by atomic mass is 10.3. The lowest BCUT2D eigenvalue weighted by Crippen LogP contribution is -2.36. The zero-order chi connectivity index (χ0) is 15.0. The molecule has 1 unspecified atom stereocenters. The molecule has 0 spiro atoms. The molecule has 0 radical (unpaired) electrons. The first-order valence-corrected chi connectivity index (χ1v) is 7.44. The fourth-order valence-electron chi connectivity index (χ4n) is 1.40. The van der Waals surface area contributed by atoms with Crippen molar-refractivity contribution in [2.24, 2.45) is 0 Å². The summed E-state index contributed by atoms with van der Waals surface area (Å²) < 4.78 is 72.9. The van der Waals surface area contributed by atoms with Crippen LogP contribution in [0.1, 0.15) is 0 Å². The Kier molecular flexibility index (Phi) is 4.17. The maximum Gasteiger partial charge on any atom is 0.523 e. The van der Waals surface area contributed by atoms with Crippen LogP contribution >= 0.6 is 15.9 Å². The minimum Gasteiger partial charge on any atom is -0.486 e. The van der Waals surface area contributed by atoms with E-state index < -0.39 is 28.3 Å². The van der Waals surface area contributed by atoms with E-state index in [9.17, 15) is 21.6 Å². The molecular formula is C10H8BrF3O5S. The summed E-state index contributed by atoms with van der Waals surface area (Å²) >= 11 is 3.20. The van der Waals surface area contributed by atoms with Crippen molar-refractivity contribution in [2.45, 2.75) is 11.6 Å². The lowest BCUT2D eigenvalue weighted by molar-refractivity contribution is -0.0572. The van der Waals surface area contributed by atoms with Crippen molar-refractivity contribution in [1.29, 1.82) is 0 Å². The van der Waals surface area contributed by atoms with Crippen LogP contribution in [0.5, 0.6) is 11.5 Å². The third-order valence-corrected chi connectivity index (χ3v) is 3.82. The van der Waals surface area contributed by atoms with Crippen LogP contribution in [0.15, 0.2) is 22.7 Å². The van der Waals surface area contributed by atoms with Gasteiger partial charge in [0.25, 0.3) is 0 Å². The highest BCUT2D eigenvalue weighted by Gasteiger charge is 2.47. The summed E-state index contributed by atoms with van der Waals surface area (Å²) in [5.41, 5.74) is -5.45. The molecule has 0 saturated carbocycles. The standard InChI is InChI=1S/C10H8BrF3O5S/c11-6-1-2-8-9(3-6)19-7(4-17-8)5-18-20(15,16)10(12,13)14/h1-3,7H,4-5H2. The fraction of sp³-hybridized carbons (Fsp3) is 0.400. The largest absolute Gasteiger partial charge is 0.523 e. The molecule has 0 aliphatic carbocycles. The third kappa shape index (κ3) is 3.36. The van der Waals surface area contributed by atoms with Gasteiger partial charge in [-0.3, -0.25) is 4.18 Å². The smallest absolute Gasteiger partial charge is 0.486 e. The second-order valence-electron chi connectivity index (χ2n) is 3.83. The molecular weight excluding hydrogens is 369 g/mol. The quantitative estimate of drug-likeness (QED) is 0.598. The summed E-state index contributed by atoms with van der Waals surface area (Å²) in [6.07, 6.45) is -0.950. The van der Waals surface area contributed by atoms with Gasteiger partial charge in [-0.1, -0.05) is 15.9 Å². The Morgan fingerprint density at radius 2 is 2.05 bits per heavy atom. The van der Waals surface area contributed by atoms with E-state index in [1.54, 1.807) is 18.2 Å². The average molecular weight is 377 g/mol. The molecule has 1 aromatic rings. The molecule has 10 heteroatoms. The van der Waals surface area contributed by atoms with Crippen molar-refractivity contribution in [2.75, 3.05) is 13.2 Å². The molecule has 0 N–H and O–H groups in total. The summed E-state index contributed by atoms with van der Waals surface area (Å²) in [6.45, 7) is -0.893. The highest BCUT2D eigenvalue weighted by atomic mass is 79.9. The van der Waals surface area contributed by atoms with E-state index in [1.807, 2.05) is 0 Å². The first-order chi connectivity index (χ1) is 9.19. The lowest BCUT2D eigenvalue weighted by Gasteiger charge is -2.26. The number of halogens is 4. The topological polar surface area (TPSA) is 61.8 Å². The highest BCUT2D eigenvalue weighted by molar-refractivity contribution is 9.10. The molecule has 1 aliphatic heterocycles. The predicted octanol–water partition coefficient (Wildman–Crippen LogP) is 2.46. The van der Waals surface area contributed by atoms with Gasteiger partial charge in [-0.2, -0.15) is 21.6 Å². The van der Waals surface area contributed by atoms with E-state index in [2.05, 4.69) is 20.1 Å². The van der Waals surface area contributed by atoms with E-state index in [4.69, 9.17) is 9.47 Å². The SMILES string of the molecule is O=S(=O)(OCC1COc2ccc(Br)cc2O1)C(F)(F)F. The molecule has 0 saturated heterocycles. The van der Waals surface area contributed by atoms with Gasteiger partial charge < -0.3 is 9.47 Å². The van der Waals surface area contributed by atoms with Crippen LogP contribution in [0.25, 0.3) is 0 Å². The van der Waals surface area contributed by atoms with Gasteiger partial charge >= 0.3 is 15.6 Å². The maximum atomic E-state index is 12.1. The van der Waals surface area contributed by atoms with Gasteiger partial charge in [0.15, 0.2) is 17.6 Å². The van der Waals surface area contributed by atoms with Crippen LogP contribution in [0, 0.1) is 0 Å². The van der Waals surface area contributed by atoms with Gasteiger partial charge in [0, 0.05) is 4.47 Å². The van der Waals surface area contributed by atoms with E-state index in [0.717, 1.165) is 0 Å². The Labute approximate surface area is 120 Å². The molecule has 112 valence electrons. The average Bonchev–Trinajstić information content (AvgIpc) is 2.34. The highest BCUT2D eigenvalue weighted by Crippen LogP contribution is 2.34. The summed E-state index contributed by atoms with van der Waals surface area (Å²) in [4.78, 5) is 0.